The van der Waals surface area contributed by atoms with Crippen molar-refractivity contribution in [2.75, 3.05) is 5.43 Å². The summed E-state index contributed by atoms with van der Waals surface area (Å²) in [5.41, 5.74) is 5.00. The molecule has 6 heteroatoms. The number of hydrogen-bond donors (Lipinski definition) is 1. The number of nitrogens with zero attached hydrogens (tertiary/aromatic N) is 2. The SMILES string of the molecule is Cc1sc2ncn(NC(=O)/C=C/c3ccccc3)c(=O)c2c1-c1ccccc1. The lowest BCUT2D eigenvalue weighted by Gasteiger charge is -2.06. The first kappa shape index (κ1) is 17.9. The molecule has 2 aromatic carbocycles. The van der Waals surface area contributed by atoms with E-state index in [1.807, 2.05) is 67.6 Å². The minimum Gasteiger partial charge on any atom is -0.268 e. The van der Waals surface area contributed by atoms with E-state index in [1.54, 1.807) is 6.08 Å². The normalized spacial score (nSPS) is 11.2. The molecule has 2 aromatic heterocycles. The van der Waals surface area contributed by atoms with E-state index < -0.39 is 5.91 Å². The number of rotatable bonds is 4. The lowest BCUT2D eigenvalue weighted by molar-refractivity contribution is -0.112. The van der Waals surface area contributed by atoms with Crippen LogP contribution in [0.15, 0.2) is 77.9 Å². The molecule has 0 aliphatic heterocycles. The van der Waals surface area contributed by atoms with Crippen LogP contribution in [0.4, 0.5) is 0 Å². The van der Waals surface area contributed by atoms with Crippen LogP contribution in [0.25, 0.3) is 27.4 Å². The van der Waals surface area contributed by atoms with E-state index in [9.17, 15) is 9.59 Å². The van der Waals surface area contributed by atoms with E-state index in [2.05, 4.69) is 10.4 Å². The zero-order valence-corrected chi connectivity index (χ0v) is 15.9. The molecule has 0 spiro atoms. The first-order valence-electron chi connectivity index (χ1n) is 8.74. The van der Waals surface area contributed by atoms with Gasteiger partial charge in [-0.25, -0.2) is 9.66 Å². The van der Waals surface area contributed by atoms with Gasteiger partial charge in [0, 0.05) is 16.5 Å². The van der Waals surface area contributed by atoms with Crippen molar-refractivity contribution in [2.45, 2.75) is 6.92 Å². The summed E-state index contributed by atoms with van der Waals surface area (Å²) in [6.45, 7) is 1.97. The largest absolute Gasteiger partial charge is 0.281 e. The van der Waals surface area contributed by atoms with Crippen LogP contribution in [0.5, 0.6) is 0 Å². The van der Waals surface area contributed by atoms with Crippen molar-refractivity contribution in [3.8, 4) is 11.1 Å². The van der Waals surface area contributed by atoms with Gasteiger partial charge in [-0.05, 0) is 24.1 Å². The van der Waals surface area contributed by atoms with Gasteiger partial charge in [0.15, 0.2) is 0 Å². The Morgan fingerprint density at radius 1 is 1.07 bits per heavy atom. The highest BCUT2D eigenvalue weighted by Crippen LogP contribution is 2.35. The predicted octanol–water partition coefficient (Wildman–Crippen LogP) is 4.22. The molecule has 28 heavy (non-hydrogen) atoms. The summed E-state index contributed by atoms with van der Waals surface area (Å²) in [7, 11) is 0. The van der Waals surface area contributed by atoms with Crippen molar-refractivity contribution in [2.24, 2.45) is 0 Å². The summed E-state index contributed by atoms with van der Waals surface area (Å²) in [5.74, 6) is -0.402. The Labute approximate surface area is 165 Å². The summed E-state index contributed by atoms with van der Waals surface area (Å²) in [5, 5.41) is 0.517. The van der Waals surface area contributed by atoms with Gasteiger partial charge in [-0.1, -0.05) is 60.7 Å². The third-order valence-electron chi connectivity index (χ3n) is 4.31. The van der Waals surface area contributed by atoms with Gasteiger partial charge in [0.05, 0.1) is 5.39 Å². The number of hydrogen-bond acceptors (Lipinski definition) is 4. The molecule has 0 radical (unpaired) electrons. The van der Waals surface area contributed by atoms with Crippen molar-refractivity contribution >= 4 is 33.5 Å². The molecule has 0 saturated heterocycles. The van der Waals surface area contributed by atoms with Crippen LogP contribution >= 0.6 is 11.3 Å². The van der Waals surface area contributed by atoms with Gasteiger partial charge < -0.3 is 0 Å². The van der Waals surface area contributed by atoms with Crippen molar-refractivity contribution in [1.29, 1.82) is 0 Å². The number of carbonyl (C=O) groups excluding carboxylic acids is 1. The van der Waals surface area contributed by atoms with Crippen LogP contribution in [0.2, 0.25) is 0 Å². The molecular weight excluding hydrogens is 370 g/mol. The number of aryl methyl sites for hydroxylation is 1. The zero-order valence-electron chi connectivity index (χ0n) is 15.1. The average molecular weight is 387 g/mol. The number of aromatic nitrogens is 2. The monoisotopic (exact) mass is 387 g/mol. The standard InChI is InChI=1S/C22H17N3O2S/c1-15-19(17-10-6-3-7-11-17)20-21(28-15)23-14-25(22(20)27)24-18(26)13-12-16-8-4-2-5-9-16/h2-14H,1H3,(H,24,26)/b13-12+. The van der Waals surface area contributed by atoms with Gasteiger partial charge in [-0.2, -0.15) is 0 Å². The Balaban J connectivity index is 1.69. The molecule has 5 nitrogen and oxygen atoms in total. The fourth-order valence-electron chi connectivity index (χ4n) is 3.03. The molecule has 4 aromatic rings. The van der Waals surface area contributed by atoms with E-state index in [0.717, 1.165) is 26.2 Å². The molecule has 0 unspecified atom stereocenters. The Hall–Kier alpha value is -3.51. The minimum atomic E-state index is -0.402. The molecule has 0 fully saturated rings. The second-order valence-corrected chi connectivity index (χ2v) is 7.42. The van der Waals surface area contributed by atoms with E-state index in [-0.39, 0.29) is 5.56 Å². The fourth-order valence-corrected chi connectivity index (χ4v) is 4.03. The molecule has 0 aliphatic carbocycles. The molecule has 0 saturated carbocycles. The zero-order chi connectivity index (χ0) is 19.5. The average Bonchev–Trinajstić information content (AvgIpc) is 3.07. The minimum absolute atomic E-state index is 0.297. The number of thiophene rings is 1. The molecule has 4 rings (SSSR count). The van der Waals surface area contributed by atoms with Gasteiger partial charge in [-0.3, -0.25) is 15.0 Å². The molecule has 0 aliphatic rings. The van der Waals surface area contributed by atoms with Crippen molar-refractivity contribution in [3.63, 3.8) is 0 Å². The van der Waals surface area contributed by atoms with Gasteiger partial charge in [-0.15, -0.1) is 11.3 Å². The molecule has 1 amide bonds. The second-order valence-electron chi connectivity index (χ2n) is 6.22. The van der Waals surface area contributed by atoms with E-state index in [1.165, 1.54) is 23.7 Å². The number of fused-ring (bicyclic) bond motifs is 1. The van der Waals surface area contributed by atoms with Gasteiger partial charge in [0.2, 0.25) is 0 Å². The Bertz CT molecular complexity index is 1230. The molecule has 0 bridgehead atoms. The lowest BCUT2D eigenvalue weighted by atomic mass is 10.0. The van der Waals surface area contributed by atoms with Gasteiger partial charge in [0.1, 0.15) is 11.2 Å². The highest BCUT2D eigenvalue weighted by Gasteiger charge is 2.17. The molecule has 138 valence electrons. The lowest BCUT2D eigenvalue weighted by Crippen LogP contribution is -2.32. The van der Waals surface area contributed by atoms with Crippen LogP contribution in [0.1, 0.15) is 10.4 Å². The maximum atomic E-state index is 13.0. The van der Waals surface area contributed by atoms with Crippen LogP contribution in [-0.4, -0.2) is 15.6 Å². The Morgan fingerprint density at radius 2 is 1.75 bits per heavy atom. The van der Waals surface area contributed by atoms with E-state index in [0.29, 0.717) is 10.2 Å². The highest BCUT2D eigenvalue weighted by molar-refractivity contribution is 7.19. The fraction of sp³-hybridized carbons (Fsp3) is 0.0455. The first-order chi connectivity index (χ1) is 13.6. The molecule has 1 N–H and O–H groups in total. The maximum absolute atomic E-state index is 13.0. The number of amides is 1. The quantitative estimate of drug-likeness (QED) is 0.533. The van der Waals surface area contributed by atoms with Gasteiger partial charge in [0.25, 0.3) is 11.5 Å². The summed E-state index contributed by atoms with van der Waals surface area (Å²) < 4.78 is 1.14. The summed E-state index contributed by atoms with van der Waals surface area (Å²) in [4.78, 5) is 31.3. The highest BCUT2D eigenvalue weighted by atomic mass is 32.1. The number of carbonyl (C=O) groups is 1. The van der Waals surface area contributed by atoms with Crippen molar-refractivity contribution < 1.29 is 4.79 Å². The van der Waals surface area contributed by atoms with E-state index >= 15 is 0 Å². The third-order valence-corrected chi connectivity index (χ3v) is 5.32. The Morgan fingerprint density at radius 3 is 2.46 bits per heavy atom. The van der Waals surface area contributed by atoms with Gasteiger partial charge >= 0.3 is 0 Å². The number of nitrogens with one attached hydrogen (secondary N) is 1. The molecule has 0 atom stereocenters. The second kappa shape index (κ2) is 7.62. The summed E-state index contributed by atoms with van der Waals surface area (Å²) in [6, 6.07) is 19.2. The molecule has 2 heterocycles. The Kier molecular flexibility index (Phi) is 4.87. The van der Waals surface area contributed by atoms with E-state index in [4.69, 9.17) is 0 Å². The van der Waals surface area contributed by atoms with Crippen LogP contribution < -0.4 is 11.0 Å². The first-order valence-corrected chi connectivity index (χ1v) is 9.55. The van der Waals surface area contributed by atoms with Crippen LogP contribution in [0.3, 0.4) is 0 Å². The topological polar surface area (TPSA) is 64.0 Å². The smallest absolute Gasteiger partial charge is 0.268 e. The maximum Gasteiger partial charge on any atom is 0.281 e. The summed E-state index contributed by atoms with van der Waals surface area (Å²) in [6.07, 6.45) is 4.43. The predicted molar refractivity (Wildman–Crippen MR) is 114 cm³/mol. The van der Waals surface area contributed by atoms with Crippen molar-refractivity contribution in [1.82, 2.24) is 9.66 Å². The number of benzene rings is 2. The molecular formula is C22H17N3O2S. The third kappa shape index (κ3) is 3.50. The van der Waals surface area contributed by atoms with Crippen molar-refractivity contribution in [3.05, 3.63) is 93.9 Å². The summed E-state index contributed by atoms with van der Waals surface area (Å²) >= 11 is 1.47. The van der Waals surface area contributed by atoms with Crippen LogP contribution in [0, 0.1) is 6.92 Å². The van der Waals surface area contributed by atoms with Crippen LogP contribution in [-0.2, 0) is 4.79 Å².